The molecule has 17 heavy (non-hydrogen) atoms. The van der Waals surface area contributed by atoms with Crippen LogP contribution in [0.2, 0.25) is 0 Å². The summed E-state index contributed by atoms with van der Waals surface area (Å²) in [7, 11) is 0. The summed E-state index contributed by atoms with van der Waals surface area (Å²) in [5.74, 6) is 0. The summed E-state index contributed by atoms with van der Waals surface area (Å²) >= 11 is 3.36. The van der Waals surface area contributed by atoms with Gasteiger partial charge in [0.25, 0.3) is 0 Å². The first-order valence-corrected chi connectivity index (χ1v) is 6.42. The third-order valence-electron chi connectivity index (χ3n) is 2.41. The fourth-order valence-corrected chi connectivity index (χ4v) is 1.95. The zero-order valence-corrected chi connectivity index (χ0v) is 11.1. The highest BCUT2D eigenvalue weighted by Gasteiger charge is 1.95. The van der Waals surface area contributed by atoms with Crippen molar-refractivity contribution in [3.05, 3.63) is 47.2 Å². The van der Waals surface area contributed by atoms with Gasteiger partial charge in [-0.2, -0.15) is 0 Å². The number of imidazole rings is 1. The molecule has 5 heteroatoms. The van der Waals surface area contributed by atoms with Crippen molar-refractivity contribution in [3.8, 4) is 0 Å². The van der Waals surface area contributed by atoms with Gasteiger partial charge in [-0.05, 0) is 41.0 Å². The first-order valence-electron chi connectivity index (χ1n) is 5.62. The monoisotopic (exact) mass is 294 g/mol. The third-order valence-corrected chi connectivity index (χ3v) is 2.85. The quantitative estimate of drug-likeness (QED) is 0.656. The molecule has 0 fully saturated rings. The summed E-state index contributed by atoms with van der Waals surface area (Å²) in [4.78, 5) is 8.37. The van der Waals surface area contributed by atoms with E-state index in [-0.39, 0.29) is 0 Å². The molecule has 1 N–H and O–H groups in total. The van der Waals surface area contributed by atoms with Gasteiger partial charge in [0.1, 0.15) is 4.60 Å². The maximum Gasteiger partial charge on any atom is 0.106 e. The van der Waals surface area contributed by atoms with Crippen LogP contribution >= 0.6 is 15.9 Å². The summed E-state index contributed by atoms with van der Waals surface area (Å²) in [6.07, 6.45) is 6.72. The number of pyridine rings is 1. The van der Waals surface area contributed by atoms with Crippen molar-refractivity contribution in [2.45, 2.75) is 19.5 Å². The average molecular weight is 295 g/mol. The van der Waals surface area contributed by atoms with Crippen LogP contribution in [0.25, 0.3) is 0 Å². The lowest BCUT2D eigenvalue weighted by Gasteiger charge is -2.05. The molecule has 0 radical (unpaired) electrons. The fraction of sp³-hybridized carbons (Fsp3) is 0.333. The Bertz CT molecular complexity index is 442. The molecule has 2 heterocycles. The standard InChI is InChI=1S/C12H15BrN4/c13-12-4-1-3-11(16-12)9-14-5-2-7-17-8-6-15-10-17/h1,3-4,6,8,10,14H,2,5,7,9H2. The summed E-state index contributed by atoms with van der Waals surface area (Å²) in [6, 6.07) is 5.95. The molecule has 2 aromatic rings. The van der Waals surface area contributed by atoms with Crippen molar-refractivity contribution in [3.63, 3.8) is 0 Å². The number of nitrogens with zero attached hydrogens (tertiary/aromatic N) is 3. The lowest BCUT2D eigenvalue weighted by Crippen LogP contribution is -2.17. The van der Waals surface area contributed by atoms with Gasteiger partial charge in [-0.25, -0.2) is 9.97 Å². The van der Waals surface area contributed by atoms with E-state index < -0.39 is 0 Å². The third kappa shape index (κ3) is 4.28. The molecule has 0 aromatic carbocycles. The van der Waals surface area contributed by atoms with Gasteiger partial charge in [-0.3, -0.25) is 0 Å². The lowest BCUT2D eigenvalue weighted by molar-refractivity contribution is 0.576. The van der Waals surface area contributed by atoms with Crippen LogP contribution in [0.15, 0.2) is 41.5 Å². The molecule has 2 rings (SSSR count). The molecule has 0 saturated heterocycles. The van der Waals surface area contributed by atoms with Gasteiger partial charge < -0.3 is 9.88 Å². The SMILES string of the molecule is Brc1cccc(CNCCCn2ccnc2)n1. The van der Waals surface area contributed by atoms with E-state index in [1.807, 2.05) is 30.7 Å². The lowest BCUT2D eigenvalue weighted by atomic mass is 10.3. The number of rotatable bonds is 6. The number of halogens is 1. The average Bonchev–Trinajstić information content (AvgIpc) is 2.82. The number of nitrogens with one attached hydrogen (secondary N) is 1. The van der Waals surface area contributed by atoms with Crippen LogP contribution in [-0.4, -0.2) is 21.1 Å². The van der Waals surface area contributed by atoms with E-state index in [1.54, 1.807) is 6.20 Å². The summed E-state index contributed by atoms with van der Waals surface area (Å²) in [5.41, 5.74) is 1.06. The molecular formula is C12H15BrN4. The van der Waals surface area contributed by atoms with Crippen molar-refractivity contribution in [2.75, 3.05) is 6.54 Å². The van der Waals surface area contributed by atoms with Crippen LogP contribution in [0.1, 0.15) is 12.1 Å². The second-order valence-corrected chi connectivity index (χ2v) is 4.59. The minimum absolute atomic E-state index is 0.809. The minimum Gasteiger partial charge on any atom is -0.337 e. The van der Waals surface area contributed by atoms with Gasteiger partial charge in [0.05, 0.1) is 12.0 Å². The maximum atomic E-state index is 4.36. The van der Waals surface area contributed by atoms with Crippen LogP contribution in [0, 0.1) is 0 Å². The predicted molar refractivity (Wildman–Crippen MR) is 70.5 cm³/mol. The molecule has 0 spiro atoms. The first kappa shape index (κ1) is 12.3. The number of aromatic nitrogens is 3. The van der Waals surface area contributed by atoms with Gasteiger partial charge in [0.2, 0.25) is 0 Å². The number of hydrogen-bond donors (Lipinski definition) is 1. The van der Waals surface area contributed by atoms with Crippen molar-refractivity contribution in [1.82, 2.24) is 19.9 Å². The summed E-state index contributed by atoms with van der Waals surface area (Å²) in [6.45, 7) is 2.79. The predicted octanol–water partition coefficient (Wildman–Crippen LogP) is 2.22. The topological polar surface area (TPSA) is 42.7 Å². The Labute approximate surface area is 109 Å². The number of aryl methyl sites for hydroxylation is 1. The highest BCUT2D eigenvalue weighted by atomic mass is 79.9. The van der Waals surface area contributed by atoms with Crippen molar-refractivity contribution in [1.29, 1.82) is 0 Å². The molecule has 0 bridgehead atoms. The van der Waals surface area contributed by atoms with Crippen LogP contribution in [-0.2, 0) is 13.1 Å². The van der Waals surface area contributed by atoms with Gasteiger partial charge in [0.15, 0.2) is 0 Å². The fourth-order valence-electron chi connectivity index (χ4n) is 1.57. The van der Waals surface area contributed by atoms with E-state index in [9.17, 15) is 0 Å². The minimum atomic E-state index is 0.809. The van der Waals surface area contributed by atoms with Crippen LogP contribution < -0.4 is 5.32 Å². The van der Waals surface area contributed by atoms with Crippen molar-refractivity contribution < 1.29 is 0 Å². The van der Waals surface area contributed by atoms with Crippen molar-refractivity contribution >= 4 is 15.9 Å². The highest BCUT2D eigenvalue weighted by Crippen LogP contribution is 2.05. The second-order valence-electron chi connectivity index (χ2n) is 3.78. The van der Waals surface area contributed by atoms with E-state index in [0.717, 1.165) is 36.4 Å². The zero-order chi connectivity index (χ0) is 11.9. The molecule has 0 aliphatic heterocycles. The second kappa shape index (κ2) is 6.51. The Balaban J connectivity index is 1.63. The van der Waals surface area contributed by atoms with Crippen LogP contribution in [0.3, 0.4) is 0 Å². The molecule has 4 nitrogen and oxygen atoms in total. The Morgan fingerprint density at radius 1 is 1.35 bits per heavy atom. The zero-order valence-electron chi connectivity index (χ0n) is 9.51. The maximum absolute atomic E-state index is 4.36. The molecule has 0 aliphatic carbocycles. The Morgan fingerprint density at radius 3 is 3.06 bits per heavy atom. The van der Waals surface area contributed by atoms with E-state index in [4.69, 9.17) is 0 Å². The van der Waals surface area contributed by atoms with Gasteiger partial charge >= 0.3 is 0 Å². The molecule has 0 saturated carbocycles. The Morgan fingerprint density at radius 2 is 2.29 bits per heavy atom. The van der Waals surface area contributed by atoms with E-state index >= 15 is 0 Å². The van der Waals surface area contributed by atoms with Gasteiger partial charge in [0, 0.05) is 25.5 Å². The summed E-state index contributed by atoms with van der Waals surface area (Å²) < 4.78 is 2.97. The van der Waals surface area contributed by atoms with Gasteiger partial charge in [-0.1, -0.05) is 6.07 Å². The van der Waals surface area contributed by atoms with Crippen LogP contribution in [0.5, 0.6) is 0 Å². The molecule has 0 unspecified atom stereocenters. The van der Waals surface area contributed by atoms with Gasteiger partial charge in [-0.15, -0.1) is 0 Å². The largest absolute Gasteiger partial charge is 0.337 e. The Kier molecular flexibility index (Phi) is 4.70. The highest BCUT2D eigenvalue weighted by molar-refractivity contribution is 9.10. The smallest absolute Gasteiger partial charge is 0.106 e. The van der Waals surface area contributed by atoms with Crippen LogP contribution in [0.4, 0.5) is 0 Å². The van der Waals surface area contributed by atoms with E-state index in [2.05, 4.69) is 35.8 Å². The molecule has 90 valence electrons. The molecular weight excluding hydrogens is 280 g/mol. The summed E-state index contributed by atoms with van der Waals surface area (Å²) in [5, 5.41) is 3.37. The first-order chi connectivity index (χ1) is 8.34. The van der Waals surface area contributed by atoms with Crippen molar-refractivity contribution in [2.24, 2.45) is 0 Å². The molecule has 0 aliphatic rings. The Hall–Kier alpha value is -1.20. The molecule has 2 aromatic heterocycles. The number of hydrogen-bond acceptors (Lipinski definition) is 3. The van der Waals surface area contributed by atoms with E-state index in [0.29, 0.717) is 0 Å². The molecule has 0 amide bonds. The van der Waals surface area contributed by atoms with E-state index in [1.165, 1.54) is 0 Å². The normalized spacial score (nSPS) is 10.6. The molecule has 0 atom stereocenters.